The highest BCUT2D eigenvalue weighted by Crippen LogP contribution is 2.22. The van der Waals surface area contributed by atoms with Crippen molar-refractivity contribution in [2.75, 3.05) is 7.11 Å². The van der Waals surface area contributed by atoms with Crippen LogP contribution in [0.15, 0.2) is 12.4 Å². The van der Waals surface area contributed by atoms with Gasteiger partial charge >= 0.3 is 0 Å². The van der Waals surface area contributed by atoms with Gasteiger partial charge in [0.1, 0.15) is 11.8 Å². The summed E-state index contributed by atoms with van der Waals surface area (Å²) < 4.78 is 4.98. The summed E-state index contributed by atoms with van der Waals surface area (Å²) in [4.78, 5) is 7.99. The first-order valence-electron chi connectivity index (χ1n) is 4.32. The van der Waals surface area contributed by atoms with E-state index in [2.05, 4.69) is 9.97 Å². The average Bonchev–Trinajstić information content (AvgIpc) is 2.18. The van der Waals surface area contributed by atoms with Gasteiger partial charge in [-0.3, -0.25) is 4.98 Å². The molecule has 0 bridgehead atoms. The summed E-state index contributed by atoms with van der Waals surface area (Å²) in [5, 5.41) is 9.65. The second-order valence-electron chi connectivity index (χ2n) is 2.76. The third-order valence-electron chi connectivity index (χ3n) is 1.76. The molecule has 1 aromatic rings. The molecule has 1 rings (SSSR count). The first-order chi connectivity index (χ1) is 6.29. The third kappa shape index (κ3) is 2.39. The zero-order chi connectivity index (χ0) is 9.68. The van der Waals surface area contributed by atoms with Crippen molar-refractivity contribution in [1.29, 1.82) is 0 Å². The monoisotopic (exact) mass is 182 g/mol. The number of ether oxygens (including phenoxy) is 1. The summed E-state index contributed by atoms with van der Waals surface area (Å²) in [6, 6.07) is 0. The highest BCUT2D eigenvalue weighted by Gasteiger charge is 2.14. The van der Waals surface area contributed by atoms with Gasteiger partial charge in [0, 0.05) is 12.4 Å². The number of aliphatic hydroxyl groups is 1. The van der Waals surface area contributed by atoms with Gasteiger partial charge in [0.25, 0.3) is 0 Å². The number of methoxy groups -OCH3 is 1. The van der Waals surface area contributed by atoms with E-state index in [4.69, 9.17) is 4.74 Å². The molecule has 0 saturated heterocycles. The van der Waals surface area contributed by atoms with Crippen LogP contribution >= 0.6 is 0 Å². The van der Waals surface area contributed by atoms with Gasteiger partial charge in [-0.15, -0.1) is 0 Å². The lowest BCUT2D eigenvalue weighted by atomic mass is 10.1. The summed E-state index contributed by atoms with van der Waals surface area (Å²) in [7, 11) is 1.52. The fourth-order valence-electron chi connectivity index (χ4n) is 1.13. The Labute approximate surface area is 77.6 Å². The molecule has 0 aliphatic rings. The SMILES string of the molecule is CCCC(O)c1nccnc1OC. The summed E-state index contributed by atoms with van der Waals surface area (Å²) in [5.41, 5.74) is 0.520. The van der Waals surface area contributed by atoms with Crippen LogP contribution in [0.4, 0.5) is 0 Å². The summed E-state index contributed by atoms with van der Waals surface area (Å²) >= 11 is 0. The zero-order valence-electron chi connectivity index (χ0n) is 7.90. The first kappa shape index (κ1) is 9.92. The van der Waals surface area contributed by atoms with Gasteiger partial charge in [-0.05, 0) is 6.42 Å². The van der Waals surface area contributed by atoms with Crippen LogP contribution in [0.1, 0.15) is 31.6 Å². The molecule has 72 valence electrons. The minimum atomic E-state index is -0.575. The van der Waals surface area contributed by atoms with E-state index < -0.39 is 6.10 Å². The molecule has 0 saturated carbocycles. The minimum Gasteiger partial charge on any atom is -0.480 e. The van der Waals surface area contributed by atoms with Gasteiger partial charge in [0.05, 0.1) is 7.11 Å². The Morgan fingerprint density at radius 3 is 2.77 bits per heavy atom. The maximum Gasteiger partial charge on any atom is 0.238 e. The number of aromatic nitrogens is 2. The van der Waals surface area contributed by atoms with E-state index in [0.29, 0.717) is 18.0 Å². The molecule has 1 N–H and O–H groups in total. The van der Waals surface area contributed by atoms with Crippen molar-refractivity contribution in [2.24, 2.45) is 0 Å². The topological polar surface area (TPSA) is 55.2 Å². The van der Waals surface area contributed by atoms with E-state index in [9.17, 15) is 5.11 Å². The second kappa shape index (κ2) is 4.77. The van der Waals surface area contributed by atoms with Gasteiger partial charge < -0.3 is 9.84 Å². The smallest absolute Gasteiger partial charge is 0.238 e. The van der Waals surface area contributed by atoms with Gasteiger partial charge in [-0.25, -0.2) is 4.98 Å². The minimum absolute atomic E-state index is 0.406. The molecular weight excluding hydrogens is 168 g/mol. The molecule has 0 spiro atoms. The average molecular weight is 182 g/mol. The third-order valence-corrected chi connectivity index (χ3v) is 1.76. The van der Waals surface area contributed by atoms with E-state index >= 15 is 0 Å². The lowest BCUT2D eigenvalue weighted by molar-refractivity contribution is 0.156. The van der Waals surface area contributed by atoms with Crippen molar-refractivity contribution < 1.29 is 9.84 Å². The Bertz CT molecular complexity index is 266. The molecule has 13 heavy (non-hydrogen) atoms. The van der Waals surface area contributed by atoms with Crippen molar-refractivity contribution in [3.8, 4) is 5.88 Å². The van der Waals surface area contributed by atoms with Crippen molar-refractivity contribution in [3.63, 3.8) is 0 Å². The normalized spacial score (nSPS) is 12.5. The molecule has 0 amide bonds. The molecule has 0 radical (unpaired) electrons. The van der Waals surface area contributed by atoms with Crippen LogP contribution < -0.4 is 4.74 Å². The lowest BCUT2D eigenvalue weighted by Gasteiger charge is -2.10. The van der Waals surface area contributed by atoms with E-state index in [1.807, 2.05) is 6.92 Å². The summed E-state index contributed by atoms with van der Waals surface area (Å²) in [5.74, 6) is 0.406. The van der Waals surface area contributed by atoms with Crippen LogP contribution in [-0.4, -0.2) is 22.2 Å². The van der Waals surface area contributed by atoms with E-state index in [1.54, 1.807) is 12.4 Å². The molecule has 1 heterocycles. The highest BCUT2D eigenvalue weighted by atomic mass is 16.5. The number of rotatable bonds is 4. The highest BCUT2D eigenvalue weighted by molar-refractivity contribution is 5.19. The number of nitrogens with zero attached hydrogens (tertiary/aromatic N) is 2. The molecule has 1 unspecified atom stereocenters. The predicted molar refractivity (Wildman–Crippen MR) is 48.5 cm³/mol. The standard InChI is InChI=1S/C9H14N2O2/c1-3-4-7(12)8-9(13-2)11-6-5-10-8/h5-7,12H,3-4H2,1-2H3. The molecule has 0 fully saturated rings. The first-order valence-corrected chi connectivity index (χ1v) is 4.32. The number of hydrogen-bond acceptors (Lipinski definition) is 4. The van der Waals surface area contributed by atoms with Gasteiger partial charge in [0.15, 0.2) is 0 Å². The number of hydrogen-bond donors (Lipinski definition) is 1. The Balaban J connectivity index is 2.85. The molecule has 0 aromatic carbocycles. The maximum atomic E-state index is 9.65. The molecular formula is C9H14N2O2. The largest absolute Gasteiger partial charge is 0.480 e. The van der Waals surface area contributed by atoms with Crippen molar-refractivity contribution in [2.45, 2.75) is 25.9 Å². The van der Waals surface area contributed by atoms with E-state index in [-0.39, 0.29) is 0 Å². The van der Waals surface area contributed by atoms with Gasteiger partial charge in [-0.2, -0.15) is 0 Å². The molecule has 1 atom stereocenters. The molecule has 1 aromatic heterocycles. The quantitative estimate of drug-likeness (QED) is 0.763. The van der Waals surface area contributed by atoms with Crippen LogP contribution in [0.3, 0.4) is 0 Å². The van der Waals surface area contributed by atoms with Crippen LogP contribution in [0.2, 0.25) is 0 Å². The van der Waals surface area contributed by atoms with E-state index in [0.717, 1.165) is 6.42 Å². The Hall–Kier alpha value is -1.16. The fraction of sp³-hybridized carbons (Fsp3) is 0.556. The summed E-state index contributed by atoms with van der Waals surface area (Å²) in [6.07, 6.45) is 4.10. The second-order valence-corrected chi connectivity index (χ2v) is 2.76. The van der Waals surface area contributed by atoms with Crippen molar-refractivity contribution in [1.82, 2.24) is 9.97 Å². The maximum absolute atomic E-state index is 9.65. The summed E-state index contributed by atoms with van der Waals surface area (Å²) in [6.45, 7) is 2.01. The molecule has 4 nitrogen and oxygen atoms in total. The van der Waals surface area contributed by atoms with Crippen molar-refractivity contribution >= 4 is 0 Å². The Morgan fingerprint density at radius 1 is 1.46 bits per heavy atom. The molecule has 0 aliphatic heterocycles. The van der Waals surface area contributed by atoms with Crippen LogP contribution in [0.5, 0.6) is 5.88 Å². The lowest BCUT2D eigenvalue weighted by Crippen LogP contribution is -2.04. The van der Waals surface area contributed by atoms with Crippen molar-refractivity contribution in [3.05, 3.63) is 18.1 Å². The van der Waals surface area contributed by atoms with Gasteiger partial charge in [0.2, 0.25) is 5.88 Å². The Kier molecular flexibility index (Phi) is 3.64. The van der Waals surface area contributed by atoms with Crippen LogP contribution in [-0.2, 0) is 0 Å². The Morgan fingerprint density at radius 2 is 2.15 bits per heavy atom. The zero-order valence-corrected chi connectivity index (χ0v) is 7.90. The molecule has 0 aliphatic carbocycles. The molecule has 4 heteroatoms. The van der Waals surface area contributed by atoms with E-state index in [1.165, 1.54) is 7.11 Å². The van der Waals surface area contributed by atoms with Gasteiger partial charge in [-0.1, -0.05) is 13.3 Å². The fourth-order valence-corrected chi connectivity index (χ4v) is 1.13. The predicted octanol–water partition coefficient (Wildman–Crippen LogP) is 1.32. The van der Waals surface area contributed by atoms with Crippen LogP contribution in [0.25, 0.3) is 0 Å². The number of aliphatic hydroxyl groups excluding tert-OH is 1. The van der Waals surface area contributed by atoms with Crippen LogP contribution in [0, 0.1) is 0 Å².